The van der Waals surface area contributed by atoms with E-state index in [1.165, 1.54) is 0 Å². The van der Waals surface area contributed by atoms with Crippen molar-refractivity contribution in [3.8, 4) is 0 Å². The molecule has 110 valence electrons. The van der Waals surface area contributed by atoms with Crippen molar-refractivity contribution in [3.63, 3.8) is 0 Å². The molecule has 0 aromatic carbocycles. The van der Waals surface area contributed by atoms with Gasteiger partial charge in [-0.15, -0.1) is 5.10 Å². The molecule has 1 aliphatic rings. The molecular formula is C14H22N4OS. The molecular weight excluding hydrogens is 272 g/mol. The highest BCUT2D eigenvalue weighted by Gasteiger charge is 2.24. The van der Waals surface area contributed by atoms with Gasteiger partial charge in [-0.05, 0) is 39.2 Å². The highest BCUT2D eigenvalue weighted by atomic mass is 32.1. The third-order valence-corrected chi connectivity index (χ3v) is 4.03. The lowest BCUT2D eigenvalue weighted by atomic mass is 10.0. The molecule has 0 unspecified atom stereocenters. The van der Waals surface area contributed by atoms with Gasteiger partial charge in [-0.1, -0.05) is 12.2 Å². The average Bonchev–Trinajstić information content (AvgIpc) is 2.42. The SMILES string of the molecule is CCOC1CCN(c2nnc(C)c(C)c2C(N)=S)CC1. The van der Waals surface area contributed by atoms with Gasteiger partial charge in [0, 0.05) is 19.7 Å². The zero-order valence-corrected chi connectivity index (χ0v) is 13.2. The summed E-state index contributed by atoms with van der Waals surface area (Å²) in [4.78, 5) is 2.60. The van der Waals surface area contributed by atoms with Crippen molar-refractivity contribution in [2.45, 2.75) is 39.7 Å². The molecule has 1 aliphatic heterocycles. The largest absolute Gasteiger partial charge is 0.389 e. The molecule has 20 heavy (non-hydrogen) atoms. The molecule has 0 aliphatic carbocycles. The molecule has 6 heteroatoms. The Morgan fingerprint density at radius 1 is 1.35 bits per heavy atom. The van der Waals surface area contributed by atoms with Gasteiger partial charge < -0.3 is 15.4 Å². The quantitative estimate of drug-likeness (QED) is 0.853. The molecule has 2 N–H and O–H groups in total. The zero-order chi connectivity index (χ0) is 14.7. The first-order chi connectivity index (χ1) is 9.54. The summed E-state index contributed by atoms with van der Waals surface area (Å²) in [7, 11) is 0. The third kappa shape index (κ3) is 3.07. The van der Waals surface area contributed by atoms with Crippen molar-refractivity contribution in [1.29, 1.82) is 0 Å². The lowest BCUT2D eigenvalue weighted by Crippen LogP contribution is -2.39. The van der Waals surface area contributed by atoms with Crippen molar-refractivity contribution >= 4 is 23.0 Å². The van der Waals surface area contributed by atoms with Crippen LogP contribution in [0.4, 0.5) is 5.82 Å². The van der Waals surface area contributed by atoms with E-state index >= 15 is 0 Å². The van der Waals surface area contributed by atoms with E-state index in [-0.39, 0.29) is 0 Å². The lowest BCUT2D eigenvalue weighted by Gasteiger charge is -2.33. The minimum atomic E-state index is 0.351. The summed E-state index contributed by atoms with van der Waals surface area (Å²) in [5, 5.41) is 8.54. The molecule has 1 saturated heterocycles. The molecule has 1 aromatic heterocycles. The first-order valence-electron chi connectivity index (χ1n) is 7.04. The Balaban J connectivity index is 2.22. The molecule has 5 nitrogen and oxygen atoms in total. The van der Waals surface area contributed by atoms with Crippen molar-refractivity contribution < 1.29 is 4.74 Å². The number of ether oxygens (including phenoxy) is 1. The van der Waals surface area contributed by atoms with E-state index in [1.807, 2.05) is 20.8 Å². The monoisotopic (exact) mass is 294 g/mol. The van der Waals surface area contributed by atoms with Gasteiger partial charge in [0.1, 0.15) is 4.99 Å². The summed E-state index contributed by atoms with van der Waals surface area (Å²) in [6, 6.07) is 0. The van der Waals surface area contributed by atoms with Gasteiger partial charge in [0.25, 0.3) is 0 Å². The maximum atomic E-state index is 5.88. The number of nitrogens with two attached hydrogens (primary N) is 1. The number of hydrogen-bond donors (Lipinski definition) is 1. The fourth-order valence-electron chi connectivity index (χ4n) is 2.58. The molecule has 2 rings (SSSR count). The van der Waals surface area contributed by atoms with Crippen LogP contribution in [0.15, 0.2) is 0 Å². The molecule has 1 aromatic rings. The number of thiocarbonyl (C=S) groups is 1. The van der Waals surface area contributed by atoms with E-state index in [4.69, 9.17) is 22.7 Å². The van der Waals surface area contributed by atoms with Crippen LogP contribution < -0.4 is 10.6 Å². The smallest absolute Gasteiger partial charge is 0.161 e. The standard InChI is InChI=1S/C14H22N4OS/c1-4-19-11-5-7-18(8-6-11)14-12(13(15)20)9(2)10(3)16-17-14/h11H,4-8H2,1-3H3,(H2,15,20). The number of piperidine rings is 1. The number of aryl methyl sites for hydroxylation is 1. The number of nitrogens with zero attached hydrogens (tertiary/aromatic N) is 3. The second-order valence-corrected chi connectivity index (χ2v) is 5.55. The highest BCUT2D eigenvalue weighted by molar-refractivity contribution is 7.80. The van der Waals surface area contributed by atoms with Crippen molar-refractivity contribution in [1.82, 2.24) is 10.2 Å². The van der Waals surface area contributed by atoms with E-state index in [1.54, 1.807) is 0 Å². The molecule has 1 fully saturated rings. The lowest BCUT2D eigenvalue weighted by molar-refractivity contribution is 0.0458. The summed E-state index contributed by atoms with van der Waals surface area (Å²) in [5.41, 5.74) is 8.64. The van der Waals surface area contributed by atoms with Crippen LogP contribution in [0.2, 0.25) is 0 Å². The van der Waals surface area contributed by atoms with Gasteiger partial charge in [0.05, 0.1) is 17.4 Å². The van der Waals surface area contributed by atoms with Crippen LogP contribution in [0.3, 0.4) is 0 Å². The van der Waals surface area contributed by atoms with E-state index < -0.39 is 0 Å². The first-order valence-corrected chi connectivity index (χ1v) is 7.45. The minimum absolute atomic E-state index is 0.351. The maximum Gasteiger partial charge on any atom is 0.161 e. The van der Waals surface area contributed by atoms with E-state index in [2.05, 4.69) is 15.1 Å². The van der Waals surface area contributed by atoms with Gasteiger partial charge >= 0.3 is 0 Å². The van der Waals surface area contributed by atoms with Gasteiger partial charge in [0.15, 0.2) is 5.82 Å². The van der Waals surface area contributed by atoms with E-state index in [0.29, 0.717) is 11.1 Å². The molecule has 0 spiro atoms. The summed E-state index contributed by atoms with van der Waals surface area (Å²) < 4.78 is 5.67. The van der Waals surface area contributed by atoms with Crippen LogP contribution in [0.25, 0.3) is 0 Å². The van der Waals surface area contributed by atoms with Crippen molar-refractivity contribution in [3.05, 3.63) is 16.8 Å². The Bertz CT molecular complexity index is 498. The van der Waals surface area contributed by atoms with Gasteiger partial charge in [-0.3, -0.25) is 0 Å². The Morgan fingerprint density at radius 3 is 2.55 bits per heavy atom. The number of anilines is 1. The molecule has 0 bridgehead atoms. The summed E-state index contributed by atoms with van der Waals surface area (Å²) in [5.74, 6) is 0.815. The fourth-order valence-corrected chi connectivity index (χ4v) is 2.83. The second kappa shape index (κ2) is 6.45. The zero-order valence-electron chi connectivity index (χ0n) is 12.3. The summed E-state index contributed by atoms with van der Waals surface area (Å²) in [6.45, 7) is 8.53. The molecule has 0 radical (unpaired) electrons. The minimum Gasteiger partial charge on any atom is -0.389 e. The van der Waals surface area contributed by atoms with Gasteiger partial charge in [-0.25, -0.2) is 0 Å². The topological polar surface area (TPSA) is 64.3 Å². The third-order valence-electron chi connectivity index (χ3n) is 3.83. The Kier molecular flexibility index (Phi) is 4.88. The fraction of sp³-hybridized carbons (Fsp3) is 0.643. The van der Waals surface area contributed by atoms with Crippen LogP contribution >= 0.6 is 12.2 Å². The summed E-state index contributed by atoms with van der Waals surface area (Å²) >= 11 is 5.19. The van der Waals surface area contributed by atoms with Crippen LogP contribution in [0.1, 0.15) is 36.6 Å². The van der Waals surface area contributed by atoms with Gasteiger partial charge in [0.2, 0.25) is 0 Å². The number of aromatic nitrogens is 2. The normalized spacial score (nSPS) is 16.4. The first kappa shape index (κ1) is 15.1. The van der Waals surface area contributed by atoms with Crippen LogP contribution in [-0.2, 0) is 4.74 Å². The molecule has 0 saturated carbocycles. The predicted octanol–water partition coefficient (Wildman–Crippen LogP) is 1.73. The Labute approximate surface area is 125 Å². The van der Waals surface area contributed by atoms with E-state index in [0.717, 1.165) is 55.2 Å². The molecule has 0 atom stereocenters. The maximum absolute atomic E-state index is 5.88. The molecule has 0 amide bonds. The van der Waals surface area contributed by atoms with Crippen molar-refractivity contribution in [2.24, 2.45) is 5.73 Å². The van der Waals surface area contributed by atoms with E-state index in [9.17, 15) is 0 Å². The van der Waals surface area contributed by atoms with Gasteiger partial charge in [-0.2, -0.15) is 5.10 Å². The van der Waals surface area contributed by atoms with Crippen LogP contribution in [-0.4, -0.2) is 41.0 Å². The average molecular weight is 294 g/mol. The number of hydrogen-bond acceptors (Lipinski definition) is 5. The Morgan fingerprint density at radius 2 is 2.00 bits per heavy atom. The highest BCUT2D eigenvalue weighted by Crippen LogP contribution is 2.25. The van der Waals surface area contributed by atoms with Crippen molar-refractivity contribution in [2.75, 3.05) is 24.6 Å². The predicted molar refractivity (Wildman–Crippen MR) is 84.3 cm³/mol. The molecule has 2 heterocycles. The second-order valence-electron chi connectivity index (χ2n) is 5.12. The van der Waals surface area contributed by atoms with Crippen LogP contribution in [0, 0.1) is 13.8 Å². The summed E-state index contributed by atoms with van der Waals surface area (Å²) in [6.07, 6.45) is 2.35. The number of rotatable bonds is 4. The Hall–Kier alpha value is -1.27. The van der Waals surface area contributed by atoms with Crippen LogP contribution in [0.5, 0.6) is 0 Å².